The summed E-state index contributed by atoms with van der Waals surface area (Å²) in [6, 6.07) is 6.00. The molecule has 0 aliphatic rings. The van der Waals surface area contributed by atoms with Crippen LogP contribution < -0.4 is 4.74 Å². The van der Waals surface area contributed by atoms with E-state index < -0.39 is 0 Å². The molecule has 3 nitrogen and oxygen atoms in total. The lowest BCUT2D eigenvalue weighted by atomic mass is 9.84. The summed E-state index contributed by atoms with van der Waals surface area (Å²) in [5, 5.41) is 1.15. The van der Waals surface area contributed by atoms with Gasteiger partial charge in [0.05, 0.1) is 7.11 Å². The maximum atomic E-state index is 11.5. The van der Waals surface area contributed by atoms with E-state index in [1.807, 2.05) is 24.4 Å². The monoisotopic (exact) mass is 259 g/mol. The number of carbonyl (C=O) groups excluding carboxylic acids is 1. The molecule has 0 radical (unpaired) electrons. The number of nitrogens with one attached hydrogen (secondary N) is 1. The van der Waals surface area contributed by atoms with Crippen LogP contribution in [-0.2, 0) is 4.79 Å². The molecule has 0 fully saturated rings. The van der Waals surface area contributed by atoms with Crippen LogP contribution in [0.3, 0.4) is 0 Å². The number of methoxy groups -OCH3 is 1. The largest absolute Gasteiger partial charge is 0.497 e. The minimum Gasteiger partial charge on any atom is -0.497 e. The van der Waals surface area contributed by atoms with Crippen LogP contribution in [0.5, 0.6) is 5.75 Å². The summed E-state index contributed by atoms with van der Waals surface area (Å²) in [4.78, 5) is 14.8. The molecule has 1 heterocycles. The molecular weight excluding hydrogens is 238 g/mol. The summed E-state index contributed by atoms with van der Waals surface area (Å²) >= 11 is 0. The number of rotatable bonds is 5. The predicted molar refractivity (Wildman–Crippen MR) is 77.7 cm³/mol. The van der Waals surface area contributed by atoms with Gasteiger partial charge >= 0.3 is 0 Å². The number of carbonyl (C=O) groups is 1. The number of hydrogen-bond acceptors (Lipinski definition) is 2. The Morgan fingerprint density at radius 1 is 1.37 bits per heavy atom. The molecule has 0 unspecified atom stereocenters. The third-order valence-electron chi connectivity index (χ3n) is 3.63. The first-order valence-corrected chi connectivity index (χ1v) is 6.67. The van der Waals surface area contributed by atoms with E-state index >= 15 is 0 Å². The highest BCUT2D eigenvalue weighted by atomic mass is 16.5. The second-order valence-electron chi connectivity index (χ2n) is 5.41. The van der Waals surface area contributed by atoms with Gasteiger partial charge in [0.1, 0.15) is 11.5 Å². The predicted octanol–water partition coefficient (Wildman–Crippen LogP) is 3.90. The normalized spacial score (nSPS) is 12.9. The second-order valence-corrected chi connectivity index (χ2v) is 5.41. The van der Waals surface area contributed by atoms with Crippen LogP contribution in [-0.4, -0.2) is 17.9 Å². The van der Waals surface area contributed by atoms with Gasteiger partial charge in [0.25, 0.3) is 0 Å². The Morgan fingerprint density at radius 3 is 2.68 bits per heavy atom. The molecule has 1 N–H and O–H groups in total. The summed E-state index contributed by atoms with van der Waals surface area (Å²) < 4.78 is 5.29. The van der Waals surface area contributed by atoms with E-state index in [2.05, 4.69) is 18.8 Å². The van der Waals surface area contributed by atoms with Crippen LogP contribution in [0.4, 0.5) is 0 Å². The Labute approximate surface area is 114 Å². The highest BCUT2D eigenvalue weighted by Crippen LogP contribution is 2.34. The first-order valence-electron chi connectivity index (χ1n) is 6.67. The third kappa shape index (κ3) is 2.80. The zero-order valence-electron chi connectivity index (χ0n) is 12.0. The van der Waals surface area contributed by atoms with Gasteiger partial charge in [0.2, 0.25) is 0 Å². The van der Waals surface area contributed by atoms with Crippen LogP contribution in [0.15, 0.2) is 24.4 Å². The zero-order valence-corrected chi connectivity index (χ0v) is 12.0. The van der Waals surface area contributed by atoms with E-state index in [-0.39, 0.29) is 11.7 Å². The number of ketones is 1. The van der Waals surface area contributed by atoms with Crippen molar-refractivity contribution < 1.29 is 9.53 Å². The SMILES string of the molecule is COc1ccc2[nH]cc([C@H](CC(C)=O)C(C)C)c2c1. The molecule has 3 heteroatoms. The molecule has 0 saturated heterocycles. The molecule has 0 aliphatic heterocycles. The van der Waals surface area contributed by atoms with Gasteiger partial charge in [0, 0.05) is 23.5 Å². The van der Waals surface area contributed by atoms with Crippen LogP contribution in [0.25, 0.3) is 10.9 Å². The van der Waals surface area contributed by atoms with Gasteiger partial charge in [-0.15, -0.1) is 0 Å². The fourth-order valence-electron chi connectivity index (χ4n) is 2.57. The summed E-state index contributed by atoms with van der Waals surface area (Å²) in [6.07, 6.45) is 2.61. The van der Waals surface area contributed by atoms with E-state index in [1.54, 1.807) is 14.0 Å². The van der Waals surface area contributed by atoms with Gasteiger partial charge in [-0.1, -0.05) is 13.8 Å². The first-order chi connectivity index (χ1) is 9.02. The minimum absolute atomic E-state index is 0.232. The number of Topliss-reactive ketones (excluding diaryl/α,β-unsaturated/α-hetero) is 1. The number of fused-ring (bicyclic) bond motifs is 1. The maximum Gasteiger partial charge on any atom is 0.130 e. The fraction of sp³-hybridized carbons (Fsp3) is 0.438. The van der Waals surface area contributed by atoms with Crippen molar-refractivity contribution in [1.29, 1.82) is 0 Å². The molecule has 1 aromatic carbocycles. The highest BCUT2D eigenvalue weighted by molar-refractivity contribution is 5.86. The van der Waals surface area contributed by atoms with Gasteiger partial charge in [-0.2, -0.15) is 0 Å². The molecule has 0 spiro atoms. The molecule has 0 amide bonds. The molecule has 1 atom stereocenters. The molecule has 0 bridgehead atoms. The Balaban J connectivity index is 2.49. The topological polar surface area (TPSA) is 42.1 Å². The Morgan fingerprint density at radius 2 is 2.11 bits per heavy atom. The average molecular weight is 259 g/mol. The summed E-state index contributed by atoms with van der Waals surface area (Å²) in [5.74, 6) is 1.75. The van der Waals surface area contributed by atoms with Gasteiger partial charge in [0.15, 0.2) is 0 Å². The molecule has 0 aliphatic carbocycles. The van der Waals surface area contributed by atoms with E-state index in [4.69, 9.17) is 4.74 Å². The van der Waals surface area contributed by atoms with E-state index in [1.165, 1.54) is 5.56 Å². The first kappa shape index (κ1) is 13.7. The Kier molecular flexibility index (Phi) is 3.93. The Bertz CT molecular complexity index is 583. The van der Waals surface area contributed by atoms with E-state index in [9.17, 15) is 4.79 Å². The van der Waals surface area contributed by atoms with Crippen molar-refractivity contribution >= 4 is 16.7 Å². The van der Waals surface area contributed by atoms with Crippen molar-refractivity contribution in [3.05, 3.63) is 30.0 Å². The lowest BCUT2D eigenvalue weighted by Crippen LogP contribution is -2.10. The van der Waals surface area contributed by atoms with Crippen molar-refractivity contribution in [2.24, 2.45) is 5.92 Å². The lowest BCUT2D eigenvalue weighted by molar-refractivity contribution is -0.117. The van der Waals surface area contributed by atoms with Crippen molar-refractivity contribution in [2.75, 3.05) is 7.11 Å². The summed E-state index contributed by atoms with van der Waals surface area (Å²) in [6.45, 7) is 5.98. The minimum atomic E-state index is 0.232. The summed E-state index contributed by atoms with van der Waals surface area (Å²) in [5.41, 5.74) is 2.30. The summed E-state index contributed by atoms with van der Waals surface area (Å²) in [7, 11) is 1.67. The molecule has 1 aromatic heterocycles. The smallest absolute Gasteiger partial charge is 0.130 e. The zero-order chi connectivity index (χ0) is 14.0. The van der Waals surface area contributed by atoms with Crippen LogP contribution in [0.2, 0.25) is 0 Å². The van der Waals surface area contributed by atoms with Crippen molar-refractivity contribution in [2.45, 2.75) is 33.1 Å². The van der Waals surface area contributed by atoms with Crippen molar-refractivity contribution in [3.63, 3.8) is 0 Å². The lowest BCUT2D eigenvalue weighted by Gasteiger charge is -2.19. The fourth-order valence-corrected chi connectivity index (χ4v) is 2.57. The van der Waals surface area contributed by atoms with Gasteiger partial charge in [-0.05, 0) is 42.5 Å². The molecule has 19 heavy (non-hydrogen) atoms. The second kappa shape index (κ2) is 5.47. The third-order valence-corrected chi connectivity index (χ3v) is 3.63. The van der Waals surface area contributed by atoms with E-state index in [0.717, 1.165) is 16.7 Å². The number of aromatic nitrogens is 1. The maximum absolute atomic E-state index is 11.5. The molecule has 102 valence electrons. The van der Waals surface area contributed by atoms with Gasteiger partial charge in [-0.25, -0.2) is 0 Å². The number of aromatic amines is 1. The van der Waals surface area contributed by atoms with Crippen molar-refractivity contribution in [1.82, 2.24) is 4.98 Å². The van der Waals surface area contributed by atoms with Gasteiger partial charge < -0.3 is 14.5 Å². The highest BCUT2D eigenvalue weighted by Gasteiger charge is 2.21. The molecular formula is C16H21NO2. The van der Waals surface area contributed by atoms with Crippen LogP contribution in [0.1, 0.15) is 38.7 Å². The molecule has 0 saturated carbocycles. The molecule has 2 aromatic rings. The average Bonchev–Trinajstić information content (AvgIpc) is 2.77. The van der Waals surface area contributed by atoms with Crippen LogP contribution in [0, 0.1) is 5.92 Å². The van der Waals surface area contributed by atoms with Crippen molar-refractivity contribution in [3.8, 4) is 5.75 Å². The number of ether oxygens (including phenoxy) is 1. The number of hydrogen-bond donors (Lipinski definition) is 1. The van der Waals surface area contributed by atoms with Crippen LogP contribution >= 0.6 is 0 Å². The van der Waals surface area contributed by atoms with E-state index in [0.29, 0.717) is 12.3 Å². The number of H-pyrrole nitrogens is 1. The molecule has 2 rings (SSSR count). The standard InChI is InChI=1S/C16H21NO2/c1-10(2)13(7-11(3)18)15-9-17-16-6-5-12(19-4)8-14(15)16/h5-6,8-10,13,17H,7H2,1-4H3/t13-/m1/s1. The quantitative estimate of drug-likeness (QED) is 0.885. The van der Waals surface area contributed by atoms with Gasteiger partial charge in [-0.3, -0.25) is 0 Å². The Hall–Kier alpha value is -1.77. The number of benzene rings is 1.